The van der Waals surface area contributed by atoms with Crippen LogP contribution in [0.25, 0.3) is 0 Å². The Balaban J connectivity index is 1.99. The van der Waals surface area contributed by atoms with E-state index in [0.29, 0.717) is 0 Å². The summed E-state index contributed by atoms with van der Waals surface area (Å²) in [6.45, 7) is 9.17. The van der Waals surface area contributed by atoms with Crippen molar-refractivity contribution in [2.75, 3.05) is 33.2 Å². The molecule has 1 aliphatic heterocycles. The van der Waals surface area contributed by atoms with Crippen LogP contribution in [0.15, 0.2) is 0 Å². The monoisotopic (exact) mass is 281 g/mol. The van der Waals surface area contributed by atoms with Crippen LogP contribution in [0.2, 0.25) is 0 Å². The molecule has 2 aliphatic rings. The van der Waals surface area contributed by atoms with E-state index < -0.39 is 0 Å². The molecule has 0 aromatic rings. The first-order valence-electron chi connectivity index (χ1n) is 8.80. The molecule has 0 bridgehead atoms. The van der Waals surface area contributed by atoms with Gasteiger partial charge in [-0.15, -0.1) is 0 Å². The molecule has 1 heterocycles. The molecule has 0 spiro atoms. The van der Waals surface area contributed by atoms with Gasteiger partial charge in [-0.05, 0) is 51.7 Å². The van der Waals surface area contributed by atoms with Crippen molar-refractivity contribution in [3.05, 3.63) is 0 Å². The van der Waals surface area contributed by atoms with Crippen LogP contribution in [-0.4, -0.2) is 54.6 Å². The largest absolute Gasteiger partial charge is 0.329 e. The minimum atomic E-state index is 0.279. The zero-order chi connectivity index (χ0) is 14.6. The molecule has 3 unspecified atom stereocenters. The predicted octanol–water partition coefficient (Wildman–Crippen LogP) is 2.70. The molecule has 0 amide bonds. The van der Waals surface area contributed by atoms with E-state index in [9.17, 15) is 0 Å². The molecule has 1 saturated carbocycles. The Hall–Kier alpha value is -0.120. The molecule has 1 saturated heterocycles. The summed E-state index contributed by atoms with van der Waals surface area (Å²) in [5.41, 5.74) is 6.52. The Morgan fingerprint density at radius 3 is 2.70 bits per heavy atom. The van der Waals surface area contributed by atoms with Crippen molar-refractivity contribution in [1.82, 2.24) is 9.80 Å². The Morgan fingerprint density at radius 1 is 1.25 bits per heavy atom. The maximum atomic E-state index is 6.24. The molecule has 20 heavy (non-hydrogen) atoms. The van der Waals surface area contributed by atoms with Crippen LogP contribution in [0.5, 0.6) is 0 Å². The minimum absolute atomic E-state index is 0.279. The van der Waals surface area contributed by atoms with Crippen LogP contribution in [0.4, 0.5) is 0 Å². The average molecular weight is 281 g/mol. The van der Waals surface area contributed by atoms with E-state index in [-0.39, 0.29) is 5.54 Å². The van der Waals surface area contributed by atoms with Gasteiger partial charge in [0.1, 0.15) is 0 Å². The highest BCUT2D eigenvalue weighted by atomic mass is 15.3. The molecule has 0 radical (unpaired) electrons. The summed E-state index contributed by atoms with van der Waals surface area (Å²) in [4.78, 5) is 5.29. The highest BCUT2D eigenvalue weighted by molar-refractivity contribution is 4.97. The van der Waals surface area contributed by atoms with Crippen molar-refractivity contribution >= 4 is 0 Å². The van der Waals surface area contributed by atoms with Crippen LogP contribution in [0.1, 0.15) is 58.8 Å². The van der Waals surface area contributed by atoms with Crippen molar-refractivity contribution in [1.29, 1.82) is 0 Å². The molecule has 2 fully saturated rings. The van der Waals surface area contributed by atoms with Gasteiger partial charge in [0.05, 0.1) is 0 Å². The lowest BCUT2D eigenvalue weighted by Gasteiger charge is -2.48. The van der Waals surface area contributed by atoms with Gasteiger partial charge in [0, 0.05) is 24.7 Å². The zero-order valence-electron chi connectivity index (χ0n) is 13.9. The number of nitrogens with zero attached hydrogens (tertiary/aromatic N) is 2. The number of hydrogen-bond donors (Lipinski definition) is 1. The number of likely N-dealkylation sites (N-methyl/N-ethyl adjacent to an activating group) is 2. The molecule has 3 atom stereocenters. The van der Waals surface area contributed by atoms with Gasteiger partial charge in [0.25, 0.3) is 0 Å². The first-order valence-corrected chi connectivity index (χ1v) is 8.80. The van der Waals surface area contributed by atoms with Crippen LogP contribution in [-0.2, 0) is 0 Å². The fourth-order valence-corrected chi connectivity index (χ4v) is 4.53. The van der Waals surface area contributed by atoms with Crippen molar-refractivity contribution < 1.29 is 0 Å². The summed E-state index contributed by atoms with van der Waals surface area (Å²) in [6, 6.07) is 0.760. The minimum Gasteiger partial charge on any atom is -0.329 e. The van der Waals surface area contributed by atoms with Gasteiger partial charge in [-0.2, -0.15) is 0 Å². The van der Waals surface area contributed by atoms with E-state index in [0.717, 1.165) is 18.5 Å². The third kappa shape index (κ3) is 3.37. The molecule has 0 aromatic carbocycles. The SMILES string of the molecule is CCC1CCCC(CN)(N(C)CC2CCCN2CC)C1. The van der Waals surface area contributed by atoms with E-state index in [1.807, 2.05) is 0 Å². The third-order valence-corrected chi connectivity index (χ3v) is 6.08. The van der Waals surface area contributed by atoms with Crippen LogP contribution in [0.3, 0.4) is 0 Å². The van der Waals surface area contributed by atoms with Gasteiger partial charge in [-0.1, -0.05) is 33.1 Å². The highest BCUT2D eigenvalue weighted by Crippen LogP contribution is 2.37. The highest BCUT2D eigenvalue weighted by Gasteiger charge is 2.39. The maximum absolute atomic E-state index is 6.24. The van der Waals surface area contributed by atoms with Crippen LogP contribution < -0.4 is 5.73 Å². The van der Waals surface area contributed by atoms with Crippen molar-refractivity contribution in [3.63, 3.8) is 0 Å². The summed E-state index contributed by atoms with van der Waals surface area (Å²) in [5, 5.41) is 0. The Bertz CT molecular complexity index is 294. The smallest absolute Gasteiger partial charge is 0.0332 e. The van der Waals surface area contributed by atoms with E-state index in [4.69, 9.17) is 5.73 Å². The molecular formula is C17H35N3. The van der Waals surface area contributed by atoms with Gasteiger partial charge in [-0.25, -0.2) is 0 Å². The normalized spacial score (nSPS) is 35.9. The van der Waals surface area contributed by atoms with Crippen molar-refractivity contribution in [3.8, 4) is 0 Å². The van der Waals surface area contributed by atoms with Gasteiger partial charge in [0.15, 0.2) is 0 Å². The Morgan fingerprint density at radius 2 is 2.05 bits per heavy atom. The first kappa shape index (κ1) is 16.3. The lowest BCUT2D eigenvalue weighted by Crippen LogP contribution is -2.57. The summed E-state index contributed by atoms with van der Waals surface area (Å²) in [7, 11) is 2.33. The van der Waals surface area contributed by atoms with Crippen LogP contribution >= 0.6 is 0 Å². The molecule has 118 valence electrons. The summed E-state index contributed by atoms with van der Waals surface area (Å²) >= 11 is 0. The van der Waals surface area contributed by atoms with E-state index >= 15 is 0 Å². The van der Waals surface area contributed by atoms with Gasteiger partial charge >= 0.3 is 0 Å². The summed E-state index contributed by atoms with van der Waals surface area (Å²) < 4.78 is 0. The lowest BCUT2D eigenvalue weighted by molar-refractivity contribution is 0.0381. The average Bonchev–Trinajstić information content (AvgIpc) is 2.94. The molecule has 3 heteroatoms. The second-order valence-electron chi connectivity index (χ2n) is 7.10. The van der Waals surface area contributed by atoms with E-state index in [1.165, 1.54) is 64.6 Å². The zero-order valence-corrected chi connectivity index (χ0v) is 13.9. The van der Waals surface area contributed by atoms with Crippen molar-refractivity contribution in [2.45, 2.75) is 70.4 Å². The van der Waals surface area contributed by atoms with Gasteiger partial charge < -0.3 is 5.73 Å². The Labute approximate surface area is 125 Å². The van der Waals surface area contributed by atoms with E-state index in [2.05, 4.69) is 30.7 Å². The van der Waals surface area contributed by atoms with Crippen LogP contribution in [0, 0.1) is 5.92 Å². The first-order chi connectivity index (χ1) is 9.65. The quantitative estimate of drug-likeness (QED) is 0.812. The molecule has 2 rings (SSSR count). The fourth-order valence-electron chi connectivity index (χ4n) is 4.53. The molecule has 1 aliphatic carbocycles. The number of rotatable bonds is 6. The topological polar surface area (TPSA) is 32.5 Å². The molecule has 0 aromatic heterocycles. The molecular weight excluding hydrogens is 246 g/mol. The number of likely N-dealkylation sites (tertiary alicyclic amines) is 1. The van der Waals surface area contributed by atoms with Gasteiger partial charge in [0.2, 0.25) is 0 Å². The second kappa shape index (κ2) is 7.24. The summed E-state index contributed by atoms with van der Waals surface area (Å²) in [6.07, 6.45) is 9.46. The van der Waals surface area contributed by atoms with E-state index in [1.54, 1.807) is 0 Å². The maximum Gasteiger partial charge on any atom is 0.0332 e. The number of nitrogens with two attached hydrogens (primary N) is 1. The molecule has 3 nitrogen and oxygen atoms in total. The van der Waals surface area contributed by atoms with Crippen molar-refractivity contribution in [2.24, 2.45) is 11.7 Å². The molecule has 2 N–H and O–H groups in total. The van der Waals surface area contributed by atoms with Gasteiger partial charge in [-0.3, -0.25) is 9.80 Å². The standard InChI is InChI=1S/C17H35N3/c1-4-15-8-6-10-17(12-15,14-18)19(3)13-16-9-7-11-20(16)5-2/h15-16H,4-14,18H2,1-3H3. The summed E-state index contributed by atoms with van der Waals surface area (Å²) in [5.74, 6) is 0.889. The fraction of sp³-hybridized carbons (Fsp3) is 1.00. The Kier molecular flexibility index (Phi) is 5.88. The predicted molar refractivity (Wildman–Crippen MR) is 86.9 cm³/mol. The number of hydrogen-bond acceptors (Lipinski definition) is 3. The lowest BCUT2D eigenvalue weighted by atomic mass is 9.73. The third-order valence-electron chi connectivity index (χ3n) is 6.08. The second-order valence-corrected chi connectivity index (χ2v) is 7.10.